The molecule has 0 amide bonds. The molecule has 7 nitrogen and oxygen atoms in total. The van der Waals surface area contributed by atoms with Gasteiger partial charge in [-0.25, -0.2) is 17.9 Å². The summed E-state index contributed by atoms with van der Waals surface area (Å²) in [7, 11) is -2.79. The number of rotatable bonds is 6. The summed E-state index contributed by atoms with van der Waals surface area (Å²) in [6, 6.07) is 3.83. The number of ether oxygens (including phenoxy) is 1. The second kappa shape index (κ2) is 6.69. The molecule has 20 heavy (non-hydrogen) atoms. The average Bonchev–Trinajstić information content (AvgIpc) is 2.43. The predicted molar refractivity (Wildman–Crippen MR) is 73.7 cm³/mol. The fourth-order valence-corrected chi connectivity index (χ4v) is 2.73. The maximum atomic E-state index is 12.1. The Hall–Kier alpha value is -1.64. The number of nitrogens with two attached hydrogens (primary N) is 1. The molecule has 1 atom stereocenters. The zero-order valence-electron chi connectivity index (χ0n) is 11.3. The van der Waals surface area contributed by atoms with E-state index < -0.39 is 22.1 Å². The highest BCUT2D eigenvalue weighted by Gasteiger charge is 2.23. The highest BCUT2D eigenvalue weighted by molar-refractivity contribution is 7.89. The lowest BCUT2D eigenvalue weighted by Gasteiger charge is -2.13. The molecule has 0 aliphatic heterocycles. The summed E-state index contributed by atoms with van der Waals surface area (Å²) >= 11 is 0. The van der Waals surface area contributed by atoms with Crippen molar-refractivity contribution in [2.75, 3.05) is 19.4 Å². The van der Waals surface area contributed by atoms with Gasteiger partial charge in [0.05, 0.1) is 23.7 Å². The van der Waals surface area contributed by atoms with Gasteiger partial charge in [0, 0.05) is 12.2 Å². The summed E-state index contributed by atoms with van der Waals surface area (Å²) in [5.41, 5.74) is 5.64. The van der Waals surface area contributed by atoms with Crippen LogP contribution in [0.5, 0.6) is 0 Å². The summed E-state index contributed by atoms with van der Waals surface area (Å²) in [5.74, 6) is -0.797. The van der Waals surface area contributed by atoms with Crippen LogP contribution in [-0.4, -0.2) is 39.3 Å². The summed E-state index contributed by atoms with van der Waals surface area (Å²) < 4.78 is 31.0. The number of carbonyl (C=O) groups is 1. The van der Waals surface area contributed by atoms with Gasteiger partial charge in [0.2, 0.25) is 10.0 Å². The number of hydrogen-bond acceptors (Lipinski definition) is 6. The van der Waals surface area contributed by atoms with Crippen LogP contribution >= 0.6 is 0 Å². The molecule has 0 aromatic heterocycles. The smallest absolute Gasteiger partial charge is 0.339 e. The molecule has 0 aliphatic rings. The maximum Gasteiger partial charge on any atom is 0.339 e. The van der Waals surface area contributed by atoms with Crippen LogP contribution in [0.15, 0.2) is 23.1 Å². The minimum atomic E-state index is -3.93. The van der Waals surface area contributed by atoms with Gasteiger partial charge in [-0.2, -0.15) is 0 Å². The molecular formula is C12H18N2O5S. The number of benzene rings is 1. The number of carbonyl (C=O) groups excluding carboxylic acids is 1. The van der Waals surface area contributed by atoms with Crippen molar-refractivity contribution in [3.63, 3.8) is 0 Å². The zero-order valence-corrected chi connectivity index (χ0v) is 12.1. The zero-order chi connectivity index (χ0) is 15.3. The van der Waals surface area contributed by atoms with E-state index in [2.05, 4.69) is 9.46 Å². The largest absolute Gasteiger partial charge is 0.465 e. The van der Waals surface area contributed by atoms with Gasteiger partial charge in [-0.05, 0) is 24.6 Å². The van der Waals surface area contributed by atoms with E-state index in [1.165, 1.54) is 18.2 Å². The van der Waals surface area contributed by atoms with E-state index in [1.54, 1.807) is 6.92 Å². The number of aliphatic hydroxyl groups is 1. The molecule has 0 heterocycles. The highest BCUT2D eigenvalue weighted by Crippen LogP contribution is 2.19. The Morgan fingerprint density at radius 1 is 1.50 bits per heavy atom. The van der Waals surface area contributed by atoms with Gasteiger partial charge in [-0.3, -0.25) is 0 Å². The van der Waals surface area contributed by atoms with Crippen LogP contribution in [0.1, 0.15) is 23.7 Å². The summed E-state index contributed by atoms with van der Waals surface area (Å²) in [4.78, 5) is 11.4. The molecule has 0 fully saturated rings. The predicted octanol–water partition coefficient (Wildman–Crippen LogP) is 0.105. The number of esters is 1. The first-order valence-electron chi connectivity index (χ1n) is 5.97. The van der Waals surface area contributed by atoms with Crippen LogP contribution in [0.2, 0.25) is 0 Å². The Morgan fingerprint density at radius 3 is 2.70 bits per heavy atom. The van der Waals surface area contributed by atoms with Crippen LogP contribution in [0, 0.1) is 0 Å². The van der Waals surface area contributed by atoms with Gasteiger partial charge in [-0.1, -0.05) is 6.92 Å². The van der Waals surface area contributed by atoms with Crippen molar-refractivity contribution in [1.29, 1.82) is 0 Å². The molecule has 0 spiro atoms. The van der Waals surface area contributed by atoms with E-state index in [0.29, 0.717) is 6.42 Å². The molecular weight excluding hydrogens is 284 g/mol. The van der Waals surface area contributed by atoms with E-state index in [-0.39, 0.29) is 22.7 Å². The summed E-state index contributed by atoms with van der Waals surface area (Å²) in [5, 5.41) is 9.40. The van der Waals surface area contributed by atoms with Crippen LogP contribution in [0.25, 0.3) is 0 Å². The standard InChI is InChI=1S/C12H18N2O5S/c1-3-9(15)7-14-20(17,18)11-5-4-8(13)6-10(11)12(16)19-2/h4-6,9,14-15H,3,7,13H2,1-2H3. The molecule has 8 heteroatoms. The van der Waals surface area contributed by atoms with Crippen molar-refractivity contribution in [2.45, 2.75) is 24.3 Å². The monoisotopic (exact) mass is 302 g/mol. The van der Waals surface area contributed by atoms with E-state index in [9.17, 15) is 18.3 Å². The third kappa shape index (κ3) is 3.92. The Morgan fingerprint density at radius 2 is 2.15 bits per heavy atom. The lowest BCUT2D eigenvalue weighted by molar-refractivity contribution is 0.0596. The summed E-state index contributed by atoms with van der Waals surface area (Å²) in [6.45, 7) is 1.59. The lowest BCUT2D eigenvalue weighted by Crippen LogP contribution is -2.32. The second-order valence-corrected chi connectivity index (χ2v) is 5.90. The minimum absolute atomic E-state index is 0.135. The number of methoxy groups -OCH3 is 1. The first-order valence-corrected chi connectivity index (χ1v) is 7.45. The van der Waals surface area contributed by atoms with E-state index in [0.717, 1.165) is 7.11 Å². The maximum absolute atomic E-state index is 12.1. The van der Waals surface area contributed by atoms with Crippen molar-refractivity contribution < 1.29 is 23.1 Å². The molecule has 1 rings (SSSR count). The quantitative estimate of drug-likeness (QED) is 0.507. The molecule has 0 bridgehead atoms. The first kappa shape index (κ1) is 16.4. The minimum Gasteiger partial charge on any atom is -0.465 e. The Kier molecular flexibility index (Phi) is 5.49. The molecule has 0 radical (unpaired) electrons. The second-order valence-electron chi connectivity index (χ2n) is 4.16. The van der Waals surface area contributed by atoms with Crippen molar-refractivity contribution in [3.05, 3.63) is 23.8 Å². The number of sulfonamides is 1. The lowest BCUT2D eigenvalue weighted by atomic mass is 10.2. The van der Waals surface area contributed by atoms with Crippen LogP contribution < -0.4 is 10.5 Å². The highest BCUT2D eigenvalue weighted by atomic mass is 32.2. The number of aliphatic hydroxyl groups excluding tert-OH is 1. The Balaban J connectivity index is 3.14. The average molecular weight is 302 g/mol. The van der Waals surface area contributed by atoms with E-state index in [4.69, 9.17) is 5.73 Å². The molecule has 1 aromatic rings. The molecule has 0 aliphatic carbocycles. The first-order chi connectivity index (χ1) is 9.31. The Bertz CT molecular complexity index is 586. The number of nitrogens with one attached hydrogen (secondary N) is 1. The number of nitrogen functional groups attached to an aromatic ring is 1. The van der Waals surface area contributed by atoms with Crippen molar-refractivity contribution >= 4 is 21.7 Å². The Labute approximate surface area is 117 Å². The van der Waals surface area contributed by atoms with E-state index >= 15 is 0 Å². The van der Waals surface area contributed by atoms with Gasteiger partial charge in [0.15, 0.2) is 0 Å². The molecule has 0 saturated carbocycles. The molecule has 1 aromatic carbocycles. The van der Waals surface area contributed by atoms with Crippen LogP contribution in [0.3, 0.4) is 0 Å². The van der Waals surface area contributed by atoms with Gasteiger partial charge >= 0.3 is 5.97 Å². The molecule has 4 N–H and O–H groups in total. The number of hydrogen-bond donors (Lipinski definition) is 3. The molecule has 112 valence electrons. The summed E-state index contributed by atoms with van der Waals surface area (Å²) in [6.07, 6.45) is -0.381. The van der Waals surface area contributed by atoms with Gasteiger partial charge in [-0.15, -0.1) is 0 Å². The SMILES string of the molecule is CCC(O)CNS(=O)(=O)c1ccc(N)cc1C(=O)OC. The van der Waals surface area contributed by atoms with Gasteiger partial charge < -0.3 is 15.6 Å². The molecule has 0 saturated heterocycles. The van der Waals surface area contributed by atoms with Crippen molar-refractivity contribution in [2.24, 2.45) is 0 Å². The normalized spacial score (nSPS) is 12.9. The van der Waals surface area contributed by atoms with Gasteiger partial charge in [0.25, 0.3) is 0 Å². The van der Waals surface area contributed by atoms with Crippen molar-refractivity contribution in [3.8, 4) is 0 Å². The fourth-order valence-electron chi connectivity index (χ4n) is 1.48. The van der Waals surface area contributed by atoms with E-state index in [1.807, 2.05) is 0 Å². The number of anilines is 1. The van der Waals surface area contributed by atoms with Crippen LogP contribution in [-0.2, 0) is 14.8 Å². The van der Waals surface area contributed by atoms with Crippen LogP contribution in [0.4, 0.5) is 5.69 Å². The third-order valence-corrected chi connectivity index (χ3v) is 4.16. The topological polar surface area (TPSA) is 119 Å². The van der Waals surface area contributed by atoms with Gasteiger partial charge in [0.1, 0.15) is 0 Å². The fraction of sp³-hybridized carbons (Fsp3) is 0.417. The van der Waals surface area contributed by atoms with Crippen molar-refractivity contribution in [1.82, 2.24) is 4.72 Å². The molecule has 1 unspecified atom stereocenters. The third-order valence-electron chi connectivity index (χ3n) is 2.68.